The van der Waals surface area contributed by atoms with E-state index in [0.29, 0.717) is 6.54 Å². The molecule has 0 atom stereocenters. The highest BCUT2D eigenvalue weighted by Crippen LogP contribution is 2.05. The summed E-state index contributed by atoms with van der Waals surface area (Å²) in [4.78, 5) is 8.00. The zero-order valence-electron chi connectivity index (χ0n) is 7.98. The van der Waals surface area contributed by atoms with Gasteiger partial charge < -0.3 is 10.2 Å². The predicted molar refractivity (Wildman–Crippen MR) is 53.3 cm³/mol. The van der Waals surface area contributed by atoms with Crippen molar-refractivity contribution in [3.05, 3.63) is 12.3 Å². The van der Waals surface area contributed by atoms with Gasteiger partial charge in [-0.2, -0.15) is 5.26 Å². The molecule has 74 valence electrons. The zero-order chi connectivity index (χ0) is 9.80. The van der Waals surface area contributed by atoms with Gasteiger partial charge in [0.1, 0.15) is 0 Å². The average Bonchev–Trinajstić information content (AvgIpc) is 2.30. The first-order valence-corrected chi connectivity index (χ1v) is 4.77. The van der Waals surface area contributed by atoms with E-state index in [2.05, 4.69) is 21.4 Å². The standard InChI is InChI=1S/C9H13N5/c10-8-14-5-1-2-12-9(14)13-6-3-11-4-7-13/h1-2,11H,3-7H2. The van der Waals surface area contributed by atoms with Gasteiger partial charge >= 0.3 is 0 Å². The minimum absolute atomic E-state index is 0.638. The van der Waals surface area contributed by atoms with Crippen molar-refractivity contribution in [1.29, 1.82) is 5.26 Å². The lowest BCUT2D eigenvalue weighted by Crippen LogP contribution is -2.51. The summed E-state index contributed by atoms with van der Waals surface area (Å²) in [6, 6.07) is 0. The number of hydrogen-bond donors (Lipinski definition) is 1. The molecule has 0 aromatic rings. The molecule has 0 bridgehead atoms. The normalized spacial score (nSPS) is 21.8. The summed E-state index contributed by atoms with van der Waals surface area (Å²) in [6.07, 6.45) is 5.79. The van der Waals surface area contributed by atoms with Crippen LogP contribution in [0.3, 0.4) is 0 Å². The van der Waals surface area contributed by atoms with Crippen molar-refractivity contribution in [2.24, 2.45) is 4.99 Å². The molecule has 0 aromatic carbocycles. The van der Waals surface area contributed by atoms with Crippen molar-refractivity contribution < 1.29 is 0 Å². The van der Waals surface area contributed by atoms with Crippen LogP contribution < -0.4 is 5.32 Å². The zero-order valence-corrected chi connectivity index (χ0v) is 7.98. The van der Waals surface area contributed by atoms with E-state index < -0.39 is 0 Å². The van der Waals surface area contributed by atoms with Crippen molar-refractivity contribution in [2.75, 3.05) is 32.7 Å². The maximum Gasteiger partial charge on any atom is 0.215 e. The second-order valence-electron chi connectivity index (χ2n) is 3.26. The van der Waals surface area contributed by atoms with Crippen LogP contribution in [-0.4, -0.2) is 48.5 Å². The van der Waals surface area contributed by atoms with Gasteiger partial charge in [-0.15, -0.1) is 0 Å². The van der Waals surface area contributed by atoms with E-state index in [4.69, 9.17) is 5.26 Å². The van der Waals surface area contributed by atoms with Crippen molar-refractivity contribution in [2.45, 2.75) is 0 Å². The van der Waals surface area contributed by atoms with Crippen LogP contribution in [0.25, 0.3) is 0 Å². The molecule has 2 heterocycles. The molecular formula is C9H13N5. The minimum Gasteiger partial charge on any atom is -0.339 e. The molecule has 1 N–H and O–H groups in total. The Morgan fingerprint density at radius 1 is 1.43 bits per heavy atom. The number of nitrogens with zero attached hydrogens (tertiary/aromatic N) is 4. The van der Waals surface area contributed by atoms with Crippen molar-refractivity contribution >= 4 is 5.96 Å². The molecule has 5 nitrogen and oxygen atoms in total. The fourth-order valence-electron chi connectivity index (χ4n) is 1.63. The monoisotopic (exact) mass is 191 g/mol. The number of nitrogens with one attached hydrogen (secondary N) is 1. The van der Waals surface area contributed by atoms with Crippen LogP contribution in [-0.2, 0) is 0 Å². The Labute approximate surface area is 83.3 Å². The number of piperazine rings is 1. The summed E-state index contributed by atoms with van der Waals surface area (Å²) in [7, 11) is 0. The molecule has 0 unspecified atom stereocenters. The van der Waals surface area contributed by atoms with Gasteiger partial charge in [-0.25, -0.2) is 9.89 Å². The average molecular weight is 191 g/mol. The third-order valence-corrected chi connectivity index (χ3v) is 2.35. The molecule has 1 saturated heterocycles. The molecule has 0 saturated carbocycles. The van der Waals surface area contributed by atoms with Gasteiger partial charge in [0.25, 0.3) is 0 Å². The second-order valence-corrected chi connectivity index (χ2v) is 3.26. The first kappa shape index (κ1) is 9.03. The lowest BCUT2D eigenvalue weighted by Gasteiger charge is -2.33. The molecule has 0 amide bonds. The highest BCUT2D eigenvalue weighted by atomic mass is 15.4. The van der Waals surface area contributed by atoms with E-state index >= 15 is 0 Å². The topological polar surface area (TPSA) is 54.7 Å². The molecule has 0 spiro atoms. The Morgan fingerprint density at radius 2 is 2.21 bits per heavy atom. The lowest BCUT2D eigenvalue weighted by atomic mass is 10.3. The fourth-order valence-corrected chi connectivity index (χ4v) is 1.63. The van der Waals surface area contributed by atoms with Gasteiger partial charge in [-0.1, -0.05) is 0 Å². The Balaban J connectivity index is 2.10. The van der Waals surface area contributed by atoms with Crippen LogP contribution in [0.5, 0.6) is 0 Å². The van der Waals surface area contributed by atoms with Gasteiger partial charge in [-0.3, -0.25) is 0 Å². The predicted octanol–water partition coefficient (Wildman–Crippen LogP) is -0.442. The van der Waals surface area contributed by atoms with Gasteiger partial charge in [0.15, 0.2) is 6.19 Å². The Morgan fingerprint density at radius 3 is 2.93 bits per heavy atom. The molecule has 5 heteroatoms. The van der Waals surface area contributed by atoms with Gasteiger partial charge in [0.2, 0.25) is 5.96 Å². The van der Waals surface area contributed by atoms with E-state index in [1.54, 1.807) is 11.1 Å². The first-order valence-electron chi connectivity index (χ1n) is 4.77. The van der Waals surface area contributed by atoms with Gasteiger partial charge in [0, 0.05) is 32.4 Å². The maximum absolute atomic E-state index is 8.91. The number of guanidine groups is 1. The summed E-state index contributed by atoms with van der Waals surface area (Å²) in [6.45, 7) is 4.40. The fraction of sp³-hybridized carbons (Fsp3) is 0.556. The Bertz CT molecular complexity index is 295. The molecule has 0 radical (unpaired) electrons. The van der Waals surface area contributed by atoms with Gasteiger partial charge in [0.05, 0.1) is 6.54 Å². The third-order valence-electron chi connectivity index (χ3n) is 2.35. The third kappa shape index (κ3) is 1.70. The van der Waals surface area contributed by atoms with Crippen molar-refractivity contribution in [1.82, 2.24) is 15.1 Å². The van der Waals surface area contributed by atoms with E-state index in [1.165, 1.54) is 0 Å². The molecular weight excluding hydrogens is 178 g/mol. The smallest absolute Gasteiger partial charge is 0.215 e. The van der Waals surface area contributed by atoms with Crippen LogP contribution >= 0.6 is 0 Å². The van der Waals surface area contributed by atoms with Crippen LogP contribution in [0.4, 0.5) is 0 Å². The SMILES string of the molecule is N#CN1CC=CN=C1N1CCNCC1. The summed E-state index contributed by atoms with van der Waals surface area (Å²) < 4.78 is 0. The van der Waals surface area contributed by atoms with E-state index in [-0.39, 0.29) is 0 Å². The lowest BCUT2D eigenvalue weighted by molar-refractivity contribution is 0.324. The van der Waals surface area contributed by atoms with Crippen LogP contribution in [0.2, 0.25) is 0 Å². The highest BCUT2D eigenvalue weighted by molar-refractivity contribution is 5.83. The first-order chi connectivity index (χ1) is 6.92. The van der Waals surface area contributed by atoms with E-state index in [0.717, 1.165) is 32.1 Å². The Kier molecular flexibility index (Phi) is 2.65. The number of hydrogen-bond acceptors (Lipinski definition) is 5. The van der Waals surface area contributed by atoms with Crippen LogP contribution in [0, 0.1) is 11.5 Å². The molecule has 0 aliphatic carbocycles. The Hall–Kier alpha value is -1.54. The van der Waals surface area contributed by atoms with Gasteiger partial charge in [-0.05, 0) is 6.08 Å². The minimum atomic E-state index is 0.638. The van der Waals surface area contributed by atoms with E-state index in [9.17, 15) is 0 Å². The van der Waals surface area contributed by atoms with Crippen molar-refractivity contribution in [3.63, 3.8) is 0 Å². The largest absolute Gasteiger partial charge is 0.339 e. The molecule has 0 aromatic heterocycles. The summed E-state index contributed by atoms with van der Waals surface area (Å²) >= 11 is 0. The molecule has 2 aliphatic rings. The molecule has 14 heavy (non-hydrogen) atoms. The summed E-state index contributed by atoms with van der Waals surface area (Å²) in [5.74, 6) is 0.788. The molecule has 2 aliphatic heterocycles. The van der Waals surface area contributed by atoms with Crippen LogP contribution in [0.15, 0.2) is 17.3 Å². The number of rotatable bonds is 0. The molecule has 2 rings (SSSR count). The summed E-state index contributed by atoms with van der Waals surface area (Å²) in [5.41, 5.74) is 0. The van der Waals surface area contributed by atoms with E-state index in [1.807, 2.05) is 6.08 Å². The van der Waals surface area contributed by atoms with Crippen molar-refractivity contribution in [3.8, 4) is 6.19 Å². The summed E-state index contributed by atoms with van der Waals surface area (Å²) in [5, 5.41) is 12.2. The number of aliphatic imine (C=N–C) groups is 1. The molecule has 1 fully saturated rings. The quantitative estimate of drug-likeness (QED) is 0.527. The second kappa shape index (κ2) is 4.11. The maximum atomic E-state index is 8.91. The van der Waals surface area contributed by atoms with Crippen LogP contribution in [0.1, 0.15) is 0 Å². The highest BCUT2D eigenvalue weighted by Gasteiger charge is 2.20. The number of nitriles is 1.